The summed E-state index contributed by atoms with van der Waals surface area (Å²) in [6.45, 7) is 8.32. The van der Waals surface area contributed by atoms with Gasteiger partial charge in [-0.1, -0.05) is 35.9 Å². The molecule has 0 N–H and O–H groups in total. The smallest absolute Gasteiger partial charge is 0.243 e. The summed E-state index contributed by atoms with van der Waals surface area (Å²) in [5.74, 6) is 0.0334. The predicted molar refractivity (Wildman–Crippen MR) is 120 cm³/mol. The predicted octanol–water partition coefficient (Wildman–Crippen LogP) is 3.13. The van der Waals surface area contributed by atoms with Gasteiger partial charge in [0.1, 0.15) is 0 Å². The van der Waals surface area contributed by atoms with E-state index in [1.54, 1.807) is 16.4 Å². The maximum Gasteiger partial charge on any atom is 0.243 e. The van der Waals surface area contributed by atoms with E-state index in [1.165, 1.54) is 0 Å². The van der Waals surface area contributed by atoms with Crippen molar-refractivity contribution in [2.45, 2.75) is 38.1 Å². The van der Waals surface area contributed by atoms with Crippen LogP contribution in [0.2, 0.25) is 0 Å². The molecule has 1 aliphatic heterocycles. The van der Waals surface area contributed by atoms with Gasteiger partial charge >= 0.3 is 0 Å². The number of amides is 1. The number of hydrogen-bond acceptors (Lipinski definition) is 4. The van der Waals surface area contributed by atoms with Gasteiger partial charge in [-0.05, 0) is 58.0 Å². The van der Waals surface area contributed by atoms with Crippen molar-refractivity contribution < 1.29 is 13.2 Å². The third-order valence-electron chi connectivity index (χ3n) is 5.38. The molecule has 30 heavy (non-hydrogen) atoms. The Morgan fingerprint density at radius 3 is 2.27 bits per heavy atom. The molecule has 1 fully saturated rings. The topological polar surface area (TPSA) is 60.9 Å². The zero-order valence-corrected chi connectivity index (χ0v) is 18.8. The maximum absolute atomic E-state index is 13.0. The molecule has 0 aliphatic carbocycles. The number of anilines is 1. The van der Waals surface area contributed by atoms with Gasteiger partial charge in [0.25, 0.3) is 0 Å². The quantitative estimate of drug-likeness (QED) is 0.708. The Bertz CT molecular complexity index is 943. The molecule has 6 nitrogen and oxygen atoms in total. The highest BCUT2D eigenvalue weighted by molar-refractivity contribution is 7.89. The van der Waals surface area contributed by atoms with Gasteiger partial charge in [0.15, 0.2) is 0 Å². The van der Waals surface area contributed by atoms with Crippen LogP contribution in [-0.4, -0.2) is 62.3 Å². The average Bonchev–Trinajstić information content (AvgIpc) is 2.95. The molecule has 1 amide bonds. The third kappa shape index (κ3) is 5.28. The van der Waals surface area contributed by atoms with E-state index < -0.39 is 10.0 Å². The van der Waals surface area contributed by atoms with Crippen molar-refractivity contribution in [1.82, 2.24) is 9.21 Å². The maximum atomic E-state index is 13.0. The molecule has 0 saturated carbocycles. The Morgan fingerprint density at radius 1 is 0.967 bits per heavy atom. The van der Waals surface area contributed by atoms with E-state index in [9.17, 15) is 13.2 Å². The number of rotatable bonds is 6. The van der Waals surface area contributed by atoms with Crippen LogP contribution in [0.3, 0.4) is 0 Å². The molecule has 1 heterocycles. The number of para-hydroxylation sites is 1. The lowest BCUT2D eigenvalue weighted by Crippen LogP contribution is -2.45. The van der Waals surface area contributed by atoms with Crippen molar-refractivity contribution in [3.8, 4) is 0 Å². The van der Waals surface area contributed by atoms with Crippen molar-refractivity contribution >= 4 is 21.6 Å². The van der Waals surface area contributed by atoms with Gasteiger partial charge in [0.05, 0.1) is 11.4 Å². The van der Waals surface area contributed by atoms with Crippen molar-refractivity contribution in [1.29, 1.82) is 0 Å². The number of nitrogens with zero attached hydrogens (tertiary/aromatic N) is 3. The second kappa shape index (κ2) is 9.73. The van der Waals surface area contributed by atoms with Gasteiger partial charge in [-0.3, -0.25) is 9.69 Å². The van der Waals surface area contributed by atoms with E-state index in [4.69, 9.17) is 0 Å². The van der Waals surface area contributed by atoms with Gasteiger partial charge < -0.3 is 4.90 Å². The number of carbonyl (C=O) groups is 1. The first-order valence-corrected chi connectivity index (χ1v) is 11.9. The Morgan fingerprint density at radius 2 is 1.63 bits per heavy atom. The van der Waals surface area contributed by atoms with Gasteiger partial charge in [0.2, 0.25) is 15.9 Å². The third-order valence-corrected chi connectivity index (χ3v) is 7.30. The van der Waals surface area contributed by atoms with Crippen LogP contribution in [-0.2, 0) is 14.8 Å². The summed E-state index contributed by atoms with van der Waals surface area (Å²) in [4.78, 5) is 17.2. The van der Waals surface area contributed by atoms with E-state index in [0.29, 0.717) is 37.5 Å². The molecule has 1 aliphatic rings. The second-order valence-electron chi connectivity index (χ2n) is 8.04. The fourth-order valence-corrected chi connectivity index (χ4v) is 5.26. The highest BCUT2D eigenvalue weighted by Gasteiger charge is 2.28. The molecule has 7 heteroatoms. The highest BCUT2D eigenvalue weighted by atomic mass is 32.2. The SMILES string of the molecule is Cc1ccc(S(=O)(=O)N2CCCN(CC(=O)N(c3ccccc3)C(C)C)CC2)cc1. The van der Waals surface area contributed by atoms with Crippen molar-refractivity contribution in [3.05, 3.63) is 60.2 Å². The van der Waals surface area contributed by atoms with Crippen LogP contribution in [0.5, 0.6) is 0 Å². The lowest BCUT2D eigenvalue weighted by Gasteiger charge is -2.30. The molecule has 0 aromatic heterocycles. The molecule has 0 radical (unpaired) electrons. The number of sulfonamides is 1. The number of carbonyl (C=O) groups excluding carboxylic acids is 1. The van der Waals surface area contributed by atoms with Gasteiger partial charge in [-0.15, -0.1) is 0 Å². The molecule has 2 aromatic rings. The van der Waals surface area contributed by atoms with E-state index in [0.717, 1.165) is 11.3 Å². The van der Waals surface area contributed by atoms with Crippen LogP contribution >= 0.6 is 0 Å². The molecular formula is C23H31N3O3S. The molecule has 0 atom stereocenters. The van der Waals surface area contributed by atoms with Crippen molar-refractivity contribution in [2.75, 3.05) is 37.6 Å². The molecular weight excluding hydrogens is 398 g/mol. The molecule has 0 spiro atoms. The van der Waals surface area contributed by atoms with Crippen LogP contribution in [0, 0.1) is 6.92 Å². The summed E-state index contributed by atoms with van der Waals surface area (Å²) < 4.78 is 27.5. The first kappa shape index (κ1) is 22.5. The zero-order chi connectivity index (χ0) is 21.7. The number of aryl methyl sites for hydroxylation is 1. The minimum absolute atomic E-state index is 0.0334. The fraction of sp³-hybridized carbons (Fsp3) is 0.435. The van der Waals surface area contributed by atoms with E-state index in [1.807, 2.05) is 68.1 Å². The van der Waals surface area contributed by atoms with Crippen LogP contribution in [0.15, 0.2) is 59.5 Å². The first-order valence-electron chi connectivity index (χ1n) is 10.5. The standard InChI is InChI=1S/C23H31N3O3S/c1-19(2)26(21-8-5-4-6-9-21)23(27)18-24-14-7-15-25(17-16-24)30(28,29)22-12-10-20(3)11-13-22/h4-6,8-13,19H,7,14-18H2,1-3H3. The number of hydrogen-bond donors (Lipinski definition) is 0. The Kier molecular flexibility index (Phi) is 7.28. The van der Waals surface area contributed by atoms with Crippen molar-refractivity contribution in [3.63, 3.8) is 0 Å². The lowest BCUT2D eigenvalue weighted by atomic mass is 10.2. The van der Waals surface area contributed by atoms with E-state index >= 15 is 0 Å². The van der Waals surface area contributed by atoms with E-state index in [-0.39, 0.29) is 18.5 Å². The summed E-state index contributed by atoms with van der Waals surface area (Å²) in [6, 6.07) is 16.7. The summed E-state index contributed by atoms with van der Waals surface area (Å²) in [6.07, 6.45) is 0.700. The van der Waals surface area contributed by atoms with Crippen LogP contribution < -0.4 is 4.90 Å². The molecule has 0 bridgehead atoms. The Balaban J connectivity index is 1.66. The average molecular weight is 430 g/mol. The summed E-state index contributed by atoms with van der Waals surface area (Å²) in [7, 11) is -3.52. The van der Waals surface area contributed by atoms with Crippen LogP contribution in [0.1, 0.15) is 25.8 Å². The normalized spacial score (nSPS) is 16.4. The fourth-order valence-electron chi connectivity index (χ4n) is 3.79. The van der Waals surface area contributed by atoms with Gasteiger partial charge in [0, 0.05) is 31.4 Å². The van der Waals surface area contributed by atoms with Gasteiger partial charge in [-0.2, -0.15) is 4.31 Å². The Hall–Kier alpha value is -2.22. The lowest BCUT2D eigenvalue weighted by molar-refractivity contribution is -0.120. The summed E-state index contributed by atoms with van der Waals surface area (Å²) >= 11 is 0. The van der Waals surface area contributed by atoms with Crippen molar-refractivity contribution in [2.24, 2.45) is 0 Å². The first-order chi connectivity index (χ1) is 14.3. The number of benzene rings is 2. The largest absolute Gasteiger partial charge is 0.309 e. The molecule has 1 saturated heterocycles. The molecule has 162 valence electrons. The minimum atomic E-state index is -3.52. The molecule has 3 rings (SSSR count). The van der Waals surface area contributed by atoms with Gasteiger partial charge in [-0.25, -0.2) is 8.42 Å². The molecule has 2 aromatic carbocycles. The zero-order valence-electron chi connectivity index (χ0n) is 18.0. The highest BCUT2D eigenvalue weighted by Crippen LogP contribution is 2.20. The monoisotopic (exact) mass is 429 g/mol. The Labute approximate surface area is 180 Å². The summed E-state index contributed by atoms with van der Waals surface area (Å²) in [5.41, 5.74) is 1.92. The molecule has 0 unspecified atom stereocenters. The van der Waals surface area contributed by atoms with E-state index in [2.05, 4.69) is 4.90 Å². The van der Waals surface area contributed by atoms with Crippen LogP contribution in [0.4, 0.5) is 5.69 Å². The van der Waals surface area contributed by atoms with Crippen LogP contribution in [0.25, 0.3) is 0 Å². The minimum Gasteiger partial charge on any atom is -0.309 e. The second-order valence-corrected chi connectivity index (χ2v) is 9.98. The summed E-state index contributed by atoms with van der Waals surface area (Å²) in [5, 5.41) is 0.